The molecule has 0 radical (unpaired) electrons. The van der Waals surface area contributed by atoms with Crippen LogP contribution in [0.15, 0.2) is 47.1 Å². The molecule has 0 aliphatic heterocycles. The van der Waals surface area contributed by atoms with Crippen molar-refractivity contribution >= 4 is 17.6 Å². The van der Waals surface area contributed by atoms with Crippen molar-refractivity contribution in [3.8, 4) is 0 Å². The van der Waals surface area contributed by atoms with Gasteiger partial charge < -0.3 is 20.0 Å². The monoisotopic (exact) mass is 360 g/mol. The first kappa shape index (κ1) is 19.0. The number of likely N-dealkylation sites (N-methyl/N-ethyl adjacent to an activating group) is 1. The van der Waals surface area contributed by atoms with Crippen LogP contribution in [0.25, 0.3) is 0 Å². The molecule has 2 aromatic rings. The number of nitro benzene ring substituents is 1. The molecule has 2 rings (SSSR count). The Labute approximate surface area is 150 Å². The number of hydrogen-bond donors (Lipinski definition) is 2. The van der Waals surface area contributed by atoms with Gasteiger partial charge in [-0.15, -0.1) is 0 Å². The number of furan rings is 1. The minimum Gasteiger partial charge on any atom is -0.467 e. The van der Waals surface area contributed by atoms with Crippen molar-refractivity contribution in [1.82, 2.24) is 15.5 Å². The number of urea groups is 1. The lowest BCUT2D eigenvalue weighted by Gasteiger charge is -2.21. The highest BCUT2D eigenvalue weighted by Gasteiger charge is 2.15. The standard InChI is InChI=1S/C17H20N4O5/c1-2-20(12-13-5-3-6-14(9-13)21(24)25)16(22)11-19-17(23)18-10-15-7-4-8-26-15/h3-9H,2,10-12H2,1H3,(H2,18,19,23). The molecule has 0 aliphatic carbocycles. The van der Waals surface area contributed by atoms with Gasteiger partial charge >= 0.3 is 6.03 Å². The maximum Gasteiger partial charge on any atom is 0.315 e. The average molecular weight is 360 g/mol. The van der Waals surface area contributed by atoms with Crippen molar-refractivity contribution in [2.45, 2.75) is 20.0 Å². The molecule has 1 heterocycles. The summed E-state index contributed by atoms with van der Waals surface area (Å²) in [7, 11) is 0. The quantitative estimate of drug-likeness (QED) is 0.552. The van der Waals surface area contributed by atoms with Crippen molar-refractivity contribution in [3.05, 3.63) is 64.1 Å². The summed E-state index contributed by atoms with van der Waals surface area (Å²) in [4.78, 5) is 35.8. The molecule has 0 fully saturated rings. The van der Waals surface area contributed by atoms with E-state index in [1.807, 2.05) is 0 Å². The lowest BCUT2D eigenvalue weighted by atomic mass is 10.2. The Kier molecular flexibility index (Phi) is 6.72. The Hall–Kier alpha value is -3.36. The number of carbonyl (C=O) groups is 2. The molecule has 9 nitrogen and oxygen atoms in total. The van der Waals surface area contributed by atoms with Gasteiger partial charge in [0.15, 0.2) is 0 Å². The zero-order valence-electron chi connectivity index (χ0n) is 14.3. The van der Waals surface area contributed by atoms with Crippen LogP contribution in [-0.4, -0.2) is 34.9 Å². The van der Waals surface area contributed by atoms with Crippen LogP contribution in [0.3, 0.4) is 0 Å². The van der Waals surface area contributed by atoms with Gasteiger partial charge in [0, 0.05) is 25.2 Å². The van der Waals surface area contributed by atoms with Crippen LogP contribution in [0.1, 0.15) is 18.2 Å². The van der Waals surface area contributed by atoms with E-state index in [9.17, 15) is 19.7 Å². The zero-order valence-corrected chi connectivity index (χ0v) is 14.3. The molecule has 0 spiro atoms. The number of hydrogen-bond acceptors (Lipinski definition) is 5. The molecule has 2 N–H and O–H groups in total. The van der Waals surface area contributed by atoms with Gasteiger partial charge in [-0.3, -0.25) is 14.9 Å². The predicted molar refractivity (Wildman–Crippen MR) is 93.1 cm³/mol. The highest BCUT2D eigenvalue weighted by atomic mass is 16.6. The molecule has 3 amide bonds. The first-order valence-corrected chi connectivity index (χ1v) is 8.04. The largest absolute Gasteiger partial charge is 0.467 e. The van der Waals surface area contributed by atoms with E-state index in [0.29, 0.717) is 17.9 Å². The second-order valence-electron chi connectivity index (χ2n) is 5.45. The number of non-ortho nitro benzene ring substituents is 1. The molecule has 0 saturated carbocycles. The van der Waals surface area contributed by atoms with Crippen molar-refractivity contribution < 1.29 is 18.9 Å². The first-order chi connectivity index (χ1) is 12.5. The third-order valence-electron chi connectivity index (χ3n) is 3.63. The number of benzene rings is 1. The Morgan fingerprint density at radius 1 is 1.23 bits per heavy atom. The molecule has 1 aromatic carbocycles. The highest BCUT2D eigenvalue weighted by molar-refractivity contribution is 5.83. The normalized spacial score (nSPS) is 10.2. The minimum atomic E-state index is -0.485. The smallest absolute Gasteiger partial charge is 0.315 e. The van der Waals surface area contributed by atoms with E-state index in [1.54, 1.807) is 31.2 Å². The summed E-state index contributed by atoms with van der Waals surface area (Å²) in [5.41, 5.74) is 0.623. The lowest BCUT2D eigenvalue weighted by molar-refractivity contribution is -0.384. The molecule has 0 aliphatic rings. The van der Waals surface area contributed by atoms with Crippen molar-refractivity contribution in [1.29, 1.82) is 0 Å². The van der Waals surface area contributed by atoms with Crippen LogP contribution < -0.4 is 10.6 Å². The summed E-state index contributed by atoms with van der Waals surface area (Å²) in [6.45, 7) is 2.49. The molecule has 1 aromatic heterocycles. The zero-order chi connectivity index (χ0) is 18.9. The van der Waals surface area contributed by atoms with Crippen LogP contribution in [0.4, 0.5) is 10.5 Å². The van der Waals surface area contributed by atoms with Crippen LogP contribution >= 0.6 is 0 Å². The van der Waals surface area contributed by atoms with Gasteiger partial charge in [-0.25, -0.2) is 4.79 Å². The molecule has 0 atom stereocenters. The first-order valence-electron chi connectivity index (χ1n) is 8.04. The van der Waals surface area contributed by atoms with Gasteiger partial charge in [-0.1, -0.05) is 12.1 Å². The second kappa shape index (κ2) is 9.21. The average Bonchev–Trinajstić information content (AvgIpc) is 3.16. The Balaban J connectivity index is 1.83. The number of nitrogens with one attached hydrogen (secondary N) is 2. The van der Waals surface area contributed by atoms with Crippen LogP contribution in [0, 0.1) is 10.1 Å². The summed E-state index contributed by atoms with van der Waals surface area (Å²) < 4.78 is 5.09. The fourth-order valence-corrected chi connectivity index (χ4v) is 2.28. The van der Waals surface area contributed by atoms with E-state index in [1.165, 1.54) is 23.3 Å². The predicted octanol–water partition coefficient (Wildman–Crippen LogP) is 2.04. The molecule has 9 heteroatoms. The summed E-state index contributed by atoms with van der Waals surface area (Å²) >= 11 is 0. The summed E-state index contributed by atoms with van der Waals surface area (Å²) in [6, 6.07) is 9.07. The van der Waals surface area contributed by atoms with Gasteiger partial charge in [0.1, 0.15) is 5.76 Å². The number of amides is 3. The van der Waals surface area contributed by atoms with E-state index in [-0.39, 0.29) is 31.2 Å². The van der Waals surface area contributed by atoms with E-state index in [0.717, 1.165) is 0 Å². The minimum absolute atomic E-state index is 0.0265. The molecular formula is C17H20N4O5. The van der Waals surface area contributed by atoms with Gasteiger partial charge in [-0.2, -0.15) is 0 Å². The van der Waals surface area contributed by atoms with Crippen molar-refractivity contribution in [2.24, 2.45) is 0 Å². The Morgan fingerprint density at radius 2 is 2.04 bits per heavy atom. The fraction of sp³-hybridized carbons (Fsp3) is 0.294. The number of nitro groups is 1. The summed E-state index contributed by atoms with van der Waals surface area (Å²) in [5.74, 6) is 0.319. The van der Waals surface area contributed by atoms with Crippen LogP contribution in [0.2, 0.25) is 0 Å². The fourth-order valence-electron chi connectivity index (χ4n) is 2.28. The molecule has 0 unspecified atom stereocenters. The molecule has 138 valence electrons. The molecular weight excluding hydrogens is 340 g/mol. The van der Waals surface area contributed by atoms with Gasteiger partial charge in [0.2, 0.25) is 5.91 Å². The van der Waals surface area contributed by atoms with Crippen molar-refractivity contribution in [3.63, 3.8) is 0 Å². The maximum absolute atomic E-state index is 12.3. The van der Waals surface area contributed by atoms with Gasteiger partial charge in [-0.05, 0) is 24.6 Å². The van der Waals surface area contributed by atoms with Crippen LogP contribution in [0.5, 0.6) is 0 Å². The number of nitrogens with zero attached hydrogens (tertiary/aromatic N) is 2. The topological polar surface area (TPSA) is 118 Å². The van der Waals surface area contributed by atoms with E-state index in [4.69, 9.17) is 4.42 Å². The van der Waals surface area contributed by atoms with E-state index in [2.05, 4.69) is 10.6 Å². The third kappa shape index (κ3) is 5.62. The molecule has 0 bridgehead atoms. The lowest BCUT2D eigenvalue weighted by Crippen LogP contribution is -2.43. The number of rotatable bonds is 8. The highest BCUT2D eigenvalue weighted by Crippen LogP contribution is 2.14. The summed E-state index contributed by atoms with van der Waals surface area (Å²) in [5, 5.41) is 15.9. The van der Waals surface area contributed by atoms with Crippen molar-refractivity contribution in [2.75, 3.05) is 13.1 Å². The SMILES string of the molecule is CCN(Cc1cccc([N+](=O)[O-])c1)C(=O)CNC(=O)NCc1ccco1. The Morgan fingerprint density at radius 3 is 2.69 bits per heavy atom. The summed E-state index contributed by atoms with van der Waals surface area (Å²) in [6.07, 6.45) is 1.51. The molecule has 0 saturated heterocycles. The van der Waals surface area contributed by atoms with Gasteiger partial charge in [0.25, 0.3) is 5.69 Å². The van der Waals surface area contributed by atoms with Crippen LogP contribution in [-0.2, 0) is 17.9 Å². The maximum atomic E-state index is 12.3. The number of carbonyl (C=O) groups excluding carboxylic acids is 2. The Bertz CT molecular complexity index is 760. The van der Waals surface area contributed by atoms with Gasteiger partial charge in [0.05, 0.1) is 24.3 Å². The molecule has 26 heavy (non-hydrogen) atoms. The van der Waals surface area contributed by atoms with E-state index < -0.39 is 11.0 Å². The third-order valence-corrected chi connectivity index (χ3v) is 3.63. The van der Waals surface area contributed by atoms with E-state index >= 15 is 0 Å². The second-order valence-corrected chi connectivity index (χ2v) is 5.45.